The van der Waals surface area contributed by atoms with Crippen molar-refractivity contribution in [1.29, 1.82) is 0 Å². The van der Waals surface area contributed by atoms with E-state index in [1.165, 1.54) is 40.8 Å². The molecule has 3 aromatic carbocycles. The summed E-state index contributed by atoms with van der Waals surface area (Å²) in [6, 6.07) is 18.1. The van der Waals surface area contributed by atoms with E-state index >= 15 is 0 Å². The third kappa shape index (κ3) is 2.44. The normalized spacial score (nSPS) is 19.7. The van der Waals surface area contributed by atoms with Gasteiger partial charge in [-0.1, -0.05) is 61.9 Å². The highest BCUT2D eigenvalue weighted by Crippen LogP contribution is 2.43. The largest absolute Gasteiger partial charge is 0.349 e. The topological polar surface area (TPSA) is 28.7 Å². The molecule has 0 aliphatic heterocycles. The van der Waals surface area contributed by atoms with Gasteiger partial charge in [0.25, 0.3) is 0 Å². The van der Waals surface area contributed by atoms with E-state index in [9.17, 15) is 0 Å². The Morgan fingerprint density at radius 1 is 1.00 bits per heavy atom. The van der Waals surface area contributed by atoms with E-state index in [2.05, 4.69) is 65.4 Å². The Labute approximate surface area is 154 Å². The molecule has 0 bridgehead atoms. The number of imidazole rings is 1. The molecule has 0 fully saturated rings. The van der Waals surface area contributed by atoms with E-state index in [1.807, 2.05) is 12.4 Å². The highest BCUT2D eigenvalue weighted by atomic mass is 14.9. The Kier molecular flexibility index (Phi) is 3.77. The van der Waals surface area contributed by atoms with Gasteiger partial charge in [-0.2, -0.15) is 0 Å². The minimum Gasteiger partial charge on any atom is -0.349 e. The zero-order valence-corrected chi connectivity index (χ0v) is 15.2. The zero-order chi connectivity index (χ0) is 17.5. The number of nitrogens with one attached hydrogen (secondary N) is 1. The molecule has 130 valence electrons. The maximum Gasteiger partial charge on any atom is 0.106 e. The minimum atomic E-state index is 0.561. The SMILES string of the molecule is CCC1CCc2c(ccc3c2ccc2ccccc23)C1Cc1ncc[nH]1. The van der Waals surface area contributed by atoms with Gasteiger partial charge in [-0.25, -0.2) is 4.98 Å². The van der Waals surface area contributed by atoms with Crippen molar-refractivity contribution in [2.75, 3.05) is 0 Å². The van der Waals surface area contributed by atoms with Crippen LogP contribution in [0.1, 0.15) is 42.6 Å². The van der Waals surface area contributed by atoms with Gasteiger partial charge in [-0.05, 0) is 57.3 Å². The summed E-state index contributed by atoms with van der Waals surface area (Å²) in [6.45, 7) is 2.33. The molecular formula is C24H24N2. The average Bonchev–Trinajstić information content (AvgIpc) is 3.21. The molecule has 0 spiro atoms. The fraction of sp³-hybridized carbons (Fsp3) is 0.292. The lowest BCUT2D eigenvalue weighted by atomic mass is 9.71. The smallest absolute Gasteiger partial charge is 0.106 e. The van der Waals surface area contributed by atoms with E-state index in [-0.39, 0.29) is 0 Å². The van der Waals surface area contributed by atoms with Crippen LogP contribution in [0.4, 0.5) is 0 Å². The first-order valence-electron chi connectivity index (χ1n) is 9.76. The van der Waals surface area contributed by atoms with E-state index < -0.39 is 0 Å². The predicted molar refractivity (Wildman–Crippen MR) is 109 cm³/mol. The summed E-state index contributed by atoms with van der Waals surface area (Å²) in [4.78, 5) is 7.81. The highest BCUT2D eigenvalue weighted by molar-refractivity contribution is 6.08. The summed E-state index contributed by atoms with van der Waals surface area (Å²) in [5.74, 6) is 2.41. The summed E-state index contributed by atoms with van der Waals surface area (Å²) >= 11 is 0. The van der Waals surface area contributed by atoms with Crippen LogP contribution in [0, 0.1) is 5.92 Å². The lowest BCUT2D eigenvalue weighted by Gasteiger charge is -2.34. The van der Waals surface area contributed by atoms with Crippen LogP contribution in [0.2, 0.25) is 0 Å². The van der Waals surface area contributed by atoms with Crippen LogP contribution < -0.4 is 0 Å². The maximum absolute atomic E-state index is 4.50. The number of aromatic nitrogens is 2. The Morgan fingerprint density at radius 2 is 1.88 bits per heavy atom. The molecule has 26 heavy (non-hydrogen) atoms. The van der Waals surface area contributed by atoms with Crippen LogP contribution in [0.3, 0.4) is 0 Å². The monoisotopic (exact) mass is 340 g/mol. The molecule has 1 aromatic heterocycles. The molecule has 1 aliphatic rings. The maximum atomic E-state index is 4.50. The molecule has 1 N–H and O–H groups in total. The molecule has 5 rings (SSSR count). The van der Waals surface area contributed by atoms with Crippen molar-refractivity contribution in [3.8, 4) is 0 Å². The van der Waals surface area contributed by atoms with Gasteiger partial charge >= 0.3 is 0 Å². The van der Waals surface area contributed by atoms with Gasteiger partial charge in [-0.3, -0.25) is 0 Å². The van der Waals surface area contributed by atoms with Gasteiger partial charge in [0, 0.05) is 18.8 Å². The van der Waals surface area contributed by atoms with E-state index in [0.29, 0.717) is 5.92 Å². The fourth-order valence-corrected chi connectivity index (χ4v) is 4.96. The number of rotatable bonds is 3. The number of benzene rings is 3. The summed E-state index contributed by atoms with van der Waals surface area (Å²) in [7, 11) is 0. The molecule has 2 atom stereocenters. The van der Waals surface area contributed by atoms with Crippen LogP contribution >= 0.6 is 0 Å². The Morgan fingerprint density at radius 3 is 2.73 bits per heavy atom. The molecule has 0 saturated heterocycles. The van der Waals surface area contributed by atoms with Gasteiger partial charge in [0.2, 0.25) is 0 Å². The van der Waals surface area contributed by atoms with Gasteiger partial charge in [0.05, 0.1) is 0 Å². The second-order valence-electron chi connectivity index (χ2n) is 7.57. The first-order valence-corrected chi connectivity index (χ1v) is 9.76. The molecule has 0 radical (unpaired) electrons. The van der Waals surface area contributed by atoms with E-state index in [1.54, 1.807) is 11.1 Å². The molecule has 0 amide bonds. The number of hydrogen-bond donors (Lipinski definition) is 1. The summed E-state index contributed by atoms with van der Waals surface area (Å²) in [5.41, 5.74) is 3.11. The third-order valence-corrected chi connectivity index (χ3v) is 6.30. The molecule has 0 saturated carbocycles. The summed E-state index contributed by atoms with van der Waals surface area (Å²) in [6.07, 6.45) is 8.52. The van der Waals surface area contributed by atoms with Gasteiger partial charge in [0.1, 0.15) is 5.82 Å². The number of hydrogen-bond acceptors (Lipinski definition) is 1. The second-order valence-corrected chi connectivity index (χ2v) is 7.57. The number of H-pyrrole nitrogens is 1. The Balaban J connectivity index is 1.69. The lowest BCUT2D eigenvalue weighted by Crippen LogP contribution is -2.23. The number of nitrogens with zero attached hydrogens (tertiary/aromatic N) is 1. The van der Waals surface area contributed by atoms with E-state index in [4.69, 9.17) is 0 Å². The number of aromatic amines is 1. The van der Waals surface area contributed by atoms with Gasteiger partial charge in [0.15, 0.2) is 0 Å². The Hall–Kier alpha value is -2.61. The highest BCUT2D eigenvalue weighted by Gasteiger charge is 2.30. The predicted octanol–water partition coefficient (Wildman–Crippen LogP) is 6.01. The van der Waals surface area contributed by atoms with Crippen molar-refractivity contribution in [2.24, 2.45) is 5.92 Å². The second kappa shape index (κ2) is 6.28. The first kappa shape index (κ1) is 15.6. The first-order chi connectivity index (χ1) is 12.8. The van der Waals surface area contributed by atoms with Crippen LogP contribution in [0.25, 0.3) is 21.5 Å². The van der Waals surface area contributed by atoms with E-state index in [0.717, 1.165) is 18.2 Å². The molecule has 2 unspecified atom stereocenters. The quantitative estimate of drug-likeness (QED) is 0.454. The molecule has 2 nitrogen and oxygen atoms in total. The van der Waals surface area contributed by atoms with Crippen LogP contribution in [0.15, 0.2) is 60.9 Å². The van der Waals surface area contributed by atoms with Crippen molar-refractivity contribution >= 4 is 21.5 Å². The van der Waals surface area contributed by atoms with Gasteiger partial charge in [-0.15, -0.1) is 0 Å². The minimum absolute atomic E-state index is 0.561. The standard InChI is InChI=1S/C24H24N2/c1-2-16-7-9-21-20-10-8-17-5-3-4-6-18(17)19(20)11-12-22(21)23(16)15-24-25-13-14-26-24/h3-6,8,10-14,16,23H,2,7,9,15H2,1H3,(H,25,26). The lowest BCUT2D eigenvalue weighted by molar-refractivity contribution is 0.356. The Bertz CT molecular complexity index is 1060. The van der Waals surface area contributed by atoms with Crippen molar-refractivity contribution in [2.45, 2.75) is 38.5 Å². The number of fused-ring (bicyclic) bond motifs is 5. The summed E-state index contributed by atoms with van der Waals surface area (Å²) in [5, 5.41) is 5.54. The van der Waals surface area contributed by atoms with Crippen molar-refractivity contribution in [3.05, 3.63) is 77.9 Å². The fourth-order valence-electron chi connectivity index (χ4n) is 4.96. The molecule has 1 aliphatic carbocycles. The molecule has 2 heteroatoms. The molecule has 4 aromatic rings. The van der Waals surface area contributed by atoms with Gasteiger partial charge < -0.3 is 4.98 Å². The zero-order valence-electron chi connectivity index (χ0n) is 15.2. The summed E-state index contributed by atoms with van der Waals surface area (Å²) < 4.78 is 0. The van der Waals surface area contributed by atoms with Crippen molar-refractivity contribution < 1.29 is 0 Å². The van der Waals surface area contributed by atoms with Crippen LogP contribution in [-0.4, -0.2) is 9.97 Å². The van der Waals surface area contributed by atoms with Crippen molar-refractivity contribution in [1.82, 2.24) is 9.97 Å². The van der Waals surface area contributed by atoms with Crippen LogP contribution in [-0.2, 0) is 12.8 Å². The number of aryl methyl sites for hydroxylation is 1. The average molecular weight is 340 g/mol. The third-order valence-electron chi connectivity index (χ3n) is 6.30. The molecule has 1 heterocycles. The molecular weight excluding hydrogens is 316 g/mol. The van der Waals surface area contributed by atoms with Crippen molar-refractivity contribution in [3.63, 3.8) is 0 Å². The van der Waals surface area contributed by atoms with Crippen LogP contribution in [0.5, 0.6) is 0 Å².